The Hall–Kier alpha value is -2.22. The Kier molecular flexibility index (Phi) is 5.99. The molecule has 2 aromatic heterocycles. The van der Waals surface area contributed by atoms with Gasteiger partial charge in [0.25, 0.3) is 5.56 Å². The maximum Gasteiger partial charge on any atom is 0.259 e. The van der Waals surface area contributed by atoms with Gasteiger partial charge in [-0.25, -0.2) is 4.98 Å². The van der Waals surface area contributed by atoms with Gasteiger partial charge >= 0.3 is 0 Å². The van der Waals surface area contributed by atoms with E-state index in [-0.39, 0.29) is 18.2 Å². The van der Waals surface area contributed by atoms with Crippen LogP contribution >= 0.6 is 11.3 Å². The Morgan fingerprint density at radius 2 is 2.07 bits per heavy atom. The standard InChI is InChI=1S/C22H27N3O3S/c1-14(2)25(11-15(26)13-28-16-7-4-3-5-8-16)12-19-23-21(27)20-17-9-6-10-18(17)29-22(20)24-19/h3-5,7-8,14-15,26H,6,9-13H2,1-2H3,(H,23,24,27)/t15-/m1/s1. The maximum atomic E-state index is 12.7. The van der Waals surface area contributed by atoms with Crippen molar-refractivity contribution in [1.29, 1.82) is 0 Å². The van der Waals surface area contributed by atoms with Gasteiger partial charge in [0.1, 0.15) is 29.1 Å². The number of aryl methyl sites for hydroxylation is 2. The number of H-pyrrole nitrogens is 1. The third-order valence-corrected chi connectivity index (χ3v) is 6.52. The van der Waals surface area contributed by atoms with E-state index in [4.69, 9.17) is 9.72 Å². The Bertz CT molecular complexity index is 1030. The van der Waals surface area contributed by atoms with Crippen molar-refractivity contribution in [2.24, 2.45) is 0 Å². The third-order valence-electron chi connectivity index (χ3n) is 5.34. The molecule has 4 rings (SSSR count). The monoisotopic (exact) mass is 413 g/mol. The molecule has 1 aromatic carbocycles. The van der Waals surface area contributed by atoms with Crippen LogP contribution in [0.4, 0.5) is 0 Å². The number of benzene rings is 1. The Labute approximate surface area is 174 Å². The first-order valence-corrected chi connectivity index (χ1v) is 11.0. The first kappa shape index (κ1) is 20.1. The molecule has 1 atom stereocenters. The van der Waals surface area contributed by atoms with E-state index >= 15 is 0 Å². The molecule has 1 aliphatic rings. The van der Waals surface area contributed by atoms with Gasteiger partial charge in [-0.1, -0.05) is 18.2 Å². The first-order chi connectivity index (χ1) is 14.0. The number of para-hydroxylation sites is 1. The van der Waals surface area contributed by atoms with Crippen molar-refractivity contribution >= 4 is 21.6 Å². The van der Waals surface area contributed by atoms with Gasteiger partial charge in [0.2, 0.25) is 0 Å². The largest absolute Gasteiger partial charge is 0.491 e. The topological polar surface area (TPSA) is 78.5 Å². The van der Waals surface area contributed by atoms with Crippen molar-refractivity contribution in [1.82, 2.24) is 14.9 Å². The maximum absolute atomic E-state index is 12.7. The van der Waals surface area contributed by atoms with E-state index in [9.17, 15) is 9.90 Å². The van der Waals surface area contributed by atoms with E-state index in [2.05, 4.69) is 23.7 Å². The quantitative estimate of drug-likeness (QED) is 0.593. The molecule has 2 heterocycles. The Morgan fingerprint density at radius 3 is 2.83 bits per heavy atom. The number of aromatic nitrogens is 2. The molecule has 3 aromatic rings. The summed E-state index contributed by atoms with van der Waals surface area (Å²) < 4.78 is 5.66. The first-order valence-electron chi connectivity index (χ1n) is 10.1. The van der Waals surface area contributed by atoms with Crippen LogP contribution in [0.5, 0.6) is 5.75 Å². The number of nitrogens with one attached hydrogen (secondary N) is 1. The minimum absolute atomic E-state index is 0.0407. The molecule has 154 valence electrons. The van der Waals surface area contributed by atoms with E-state index in [1.807, 2.05) is 30.3 Å². The summed E-state index contributed by atoms with van der Waals surface area (Å²) in [5.41, 5.74) is 1.15. The molecule has 0 saturated heterocycles. The van der Waals surface area contributed by atoms with Crippen molar-refractivity contribution in [3.8, 4) is 5.75 Å². The number of thiophene rings is 1. The fourth-order valence-corrected chi connectivity index (χ4v) is 5.09. The van der Waals surface area contributed by atoms with Gasteiger partial charge in [0.05, 0.1) is 11.9 Å². The number of hydrogen-bond donors (Lipinski definition) is 2. The minimum atomic E-state index is -0.640. The highest BCUT2D eigenvalue weighted by Crippen LogP contribution is 2.34. The number of fused-ring (bicyclic) bond motifs is 3. The van der Waals surface area contributed by atoms with Crippen molar-refractivity contribution in [2.45, 2.75) is 51.8 Å². The van der Waals surface area contributed by atoms with Gasteiger partial charge in [0, 0.05) is 17.5 Å². The second kappa shape index (κ2) is 8.65. The fourth-order valence-electron chi connectivity index (χ4n) is 3.80. The second-order valence-corrected chi connectivity index (χ2v) is 8.93. The van der Waals surface area contributed by atoms with Crippen LogP contribution in [0, 0.1) is 0 Å². The van der Waals surface area contributed by atoms with Crippen molar-refractivity contribution in [3.05, 3.63) is 57.0 Å². The van der Waals surface area contributed by atoms with Gasteiger partial charge in [-0.2, -0.15) is 0 Å². The van der Waals surface area contributed by atoms with Crippen LogP contribution in [-0.4, -0.2) is 45.3 Å². The molecule has 0 unspecified atom stereocenters. The Balaban J connectivity index is 1.44. The van der Waals surface area contributed by atoms with E-state index in [1.54, 1.807) is 11.3 Å². The predicted octanol–water partition coefficient (Wildman–Crippen LogP) is 3.12. The van der Waals surface area contributed by atoms with Crippen molar-refractivity contribution < 1.29 is 9.84 Å². The summed E-state index contributed by atoms with van der Waals surface area (Å²) in [6.45, 7) is 5.27. The summed E-state index contributed by atoms with van der Waals surface area (Å²) in [5.74, 6) is 1.39. The summed E-state index contributed by atoms with van der Waals surface area (Å²) in [5, 5.41) is 11.2. The molecule has 0 fully saturated rings. The highest BCUT2D eigenvalue weighted by atomic mass is 32.1. The summed E-state index contributed by atoms with van der Waals surface area (Å²) in [6, 6.07) is 9.67. The third kappa shape index (κ3) is 4.52. The molecule has 2 N–H and O–H groups in total. The number of aliphatic hydroxyl groups is 1. The van der Waals surface area contributed by atoms with Crippen LogP contribution in [0.25, 0.3) is 10.2 Å². The number of aliphatic hydroxyl groups excluding tert-OH is 1. The van der Waals surface area contributed by atoms with Crippen LogP contribution in [0.3, 0.4) is 0 Å². The number of ether oxygens (including phenoxy) is 1. The van der Waals surface area contributed by atoms with Crippen molar-refractivity contribution in [3.63, 3.8) is 0 Å². The summed E-state index contributed by atoms with van der Waals surface area (Å²) >= 11 is 1.65. The molecule has 0 radical (unpaired) electrons. The average molecular weight is 414 g/mol. The zero-order chi connectivity index (χ0) is 20.4. The van der Waals surface area contributed by atoms with E-state index in [0.29, 0.717) is 18.9 Å². The lowest BCUT2D eigenvalue weighted by Crippen LogP contribution is -2.40. The highest BCUT2D eigenvalue weighted by Gasteiger charge is 2.22. The van der Waals surface area contributed by atoms with Crippen LogP contribution in [0.1, 0.15) is 36.5 Å². The predicted molar refractivity (Wildman–Crippen MR) is 116 cm³/mol. The average Bonchev–Trinajstić information content (AvgIpc) is 3.27. The van der Waals surface area contributed by atoms with E-state index < -0.39 is 6.10 Å². The fraction of sp³-hybridized carbons (Fsp3) is 0.455. The second-order valence-electron chi connectivity index (χ2n) is 7.85. The summed E-state index contributed by atoms with van der Waals surface area (Å²) in [4.78, 5) is 24.6. The lowest BCUT2D eigenvalue weighted by Gasteiger charge is -2.28. The van der Waals surface area contributed by atoms with Crippen molar-refractivity contribution in [2.75, 3.05) is 13.2 Å². The highest BCUT2D eigenvalue weighted by molar-refractivity contribution is 7.18. The number of aromatic amines is 1. The van der Waals surface area contributed by atoms with Crippen LogP contribution in [0.15, 0.2) is 35.1 Å². The normalized spacial score (nSPS) is 14.7. The minimum Gasteiger partial charge on any atom is -0.491 e. The number of rotatable bonds is 8. The van der Waals surface area contributed by atoms with E-state index in [1.165, 1.54) is 10.4 Å². The summed E-state index contributed by atoms with van der Waals surface area (Å²) in [7, 11) is 0. The summed E-state index contributed by atoms with van der Waals surface area (Å²) in [6.07, 6.45) is 2.52. The van der Waals surface area contributed by atoms with Crippen LogP contribution < -0.4 is 10.3 Å². The molecule has 0 spiro atoms. The smallest absolute Gasteiger partial charge is 0.259 e. The lowest BCUT2D eigenvalue weighted by atomic mass is 10.2. The molecule has 0 amide bonds. The van der Waals surface area contributed by atoms with Gasteiger partial charge in [-0.05, 0) is 50.8 Å². The zero-order valence-corrected chi connectivity index (χ0v) is 17.7. The zero-order valence-electron chi connectivity index (χ0n) is 16.9. The SMILES string of the molecule is CC(C)N(Cc1nc2sc3c(c2c(=O)[nH]1)CCC3)C[C@@H](O)COc1ccccc1. The molecule has 0 saturated carbocycles. The molecular weight excluding hydrogens is 386 g/mol. The van der Waals surface area contributed by atoms with Gasteiger partial charge < -0.3 is 14.8 Å². The van der Waals surface area contributed by atoms with Gasteiger partial charge in [-0.15, -0.1) is 11.3 Å². The molecule has 7 heteroatoms. The molecule has 6 nitrogen and oxygen atoms in total. The van der Waals surface area contributed by atoms with Crippen LogP contribution in [-0.2, 0) is 19.4 Å². The number of nitrogens with zero attached hydrogens (tertiary/aromatic N) is 2. The molecule has 29 heavy (non-hydrogen) atoms. The lowest BCUT2D eigenvalue weighted by molar-refractivity contribution is 0.0533. The number of hydrogen-bond acceptors (Lipinski definition) is 6. The molecule has 1 aliphatic carbocycles. The van der Waals surface area contributed by atoms with Gasteiger partial charge in [0.15, 0.2) is 0 Å². The molecular formula is C22H27N3O3S. The Morgan fingerprint density at radius 1 is 1.28 bits per heavy atom. The van der Waals surface area contributed by atoms with E-state index in [0.717, 1.165) is 35.2 Å². The molecule has 0 bridgehead atoms. The van der Waals surface area contributed by atoms with Crippen LogP contribution in [0.2, 0.25) is 0 Å². The van der Waals surface area contributed by atoms with Gasteiger partial charge in [-0.3, -0.25) is 9.69 Å². The molecule has 0 aliphatic heterocycles.